The second kappa shape index (κ2) is 4.85. The SMILES string of the molecule is COc1cccc2c1N(C)C(=O)/C2=C/c1ccccc1. The van der Waals surface area contributed by atoms with Crippen LogP contribution in [0, 0.1) is 0 Å². The van der Waals surface area contributed by atoms with E-state index >= 15 is 0 Å². The number of carbonyl (C=O) groups excluding carboxylic acids is 1. The molecule has 1 aliphatic rings. The highest BCUT2D eigenvalue weighted by Crippen LogP contribution is 2.42. The number of hydrogen-bond acceptors (Lipinski definition) is 2. The monoisotopic (exact) mass is 265 g/mol. The van der Waals surface area contributed by atoms with Crippen molar-refractivity contribution in [3.05, 3.63) is 59.7 Å². The summed E-state index contributed by atoms with van der Waals surface area (Å²) in [7, 11) is 3.39. The van der Waals surface area contributed by atoms with E-state index in [9.17, 15) is 4.79 Å². The van der Waals surface area contributed by atoms with Gasteiger partial charge in [-0.15, -0.1) is 0 Å². The lowest BCUT2D eigenvalue weighted by atomic mass is 10.0. The third kappa shape index (κ3) is 1.88. The molecule has 1 amide bonds. The van der Waals surface area contributed by atoms with Gasteiger partial charge in [-0.2, -0.15) is 0 Å². The van der Waals surface area contributed by atoms with Gasteiger partial charge in [-0.25, -0.2) is 0 Å². The zero-order valence-electron chi connectivity index (χ0n) is 11.5. The van der Waals surface area contributed by atoms with E-state index in [4.69, 9.17) is 4.74 Å². The number of fused-ring (bicyclic) bond motifs is 1. The van der Waals surface area contributed by atoms with Crippen molar-refractivity contribution >= 4 is 23.2 Å². The molecule has 3 nitrogen and oxygen atoms in total. The van der Waals surface area contributed by atoms with Crippen LogP contribution in [-0.4, -0.2) is 20.1 Å². The Labute approximate surface area is 118 Å². The number of carbonyl (C=O) groups is 1. The Morgan fingerprint density at radius 2 is 1.80 bits per heavy atom. The average molecular weight is 265 g/mol. The second-order valence-electron chi connectivity index (χ2n) is 4.69. The molecule has 3 heteroatoms. The van der Waals surface area contributed by atoms with Crippen LogP contribution in [0.5, 0.6) is 5.75 Å². The number of para-hydroxylation sites is 1. The molecular formula is C17H15NO2. The topological polar surface area (TPSA) is 29.5 Å². The van der Waals surface area contributed by atoms with Crippen molar-refractivity contribution in [1.29, 1.82) is 0 Å². The summed E-state index contributed by atoms with van der Waals surface area (Å²) < 4.78 is 5.35. The van der Waals surface area contributed by atoms with Gasteiger partial charge in [0, 0.05) is 18.2 Å². The van der Waals surface area contributed by atoms with Crippen LogP contribution in [0.3, 0.4) is 0 Å². The van der Waals surface area contributed by atoms with Crippen molar-refractivity contribution in [2.75, 3.05) is 19.1 Å². The number of ether oxygens (including phenoxy) is 1. The quantitative estimate of drug-likeness (QED) is 0.780. The maximum atomic E-state index is 12.4. The molecule has 0 N–H and O–H groups in total. The van der Waals surface area contributed by atoms with Gasteiger partial charge in [0.15, 0.2) is 0 Å². The van der Waals surface area contributed by atoms with Crippen molar-refractivity contribution in [1.82, 2.24) is 0 Å². The first-order valence-corrected chi connectivity index (χ1v) is 6.44. The van der Waals surface area contributed by atoms with Gasteiger partial charge in [0.25, 0.3) is 5.91 Å². The number of methoxy groups -OCH3 is 1. The maximum Gasteiger partial charge on any atom is 0.258 e. The number of anilines is 1. The van der Waals surface area contributed by atoms with E-state index in [1.54, 1.807) is 19.1 Å². The molecule has 0 atom stereocenters. The number of nitrogens with zero attached hydrogens (tertiary/aromatic N) is 1. The fraction of sp³-hybridized carbons (Fsp3) is 0.118. The molecule has 0 radical (unpaired) electrons. The first-order chi connectivity index (χ1) is 9.72. The number of amides is 1. The molecule has 20 heavy (non-hydrogen) atoms. The molecule has 1 heterocycles. The van der Waals surface area contributed by atoms with Crippen LogP contribution in [-0.2, 0) is 4.79 Å². The molecule has 0 bridgehead atoms. The van der Waals surface area contributed by atoms with Crippen molar-refractivity contribution in [2.45, 2.75) is 0 Å². The molecule has 0 unspecified atom stereocenters. The molecule has 0 fully saturated rings. The molecule has 0 saturated carbocycles. The normalized spacial score (nSPS) is 15.6. The van der Waals surface area contributed by atoms with Gasteiger partial charge in [-0.1, -0.05) is 42.5 Å². The van der Waals surface area contributed by atoms with E-state index in [0.717, 1.165) is 22.6 Å². The minimum absolute atomic E-state index is 0.00615. The molecule has 0 spiro atoms. The van der Waals surface area contributed by atoms with Gasteiger partial charge in [0.1, 0.15) is 5.75 Å². The summed E-state index contributed by atoms with van der Waals surface area (Å²) in [6.07, 6.45) is 1.92. The highest BCUT2D eigenvalue weighted by molar-refractivity contribution is 6.36. The maximum absolute atomic E-state index is 12.4. The van der Waals surface area contributed by atoms with Gasteiger partial charge < -0.3 is 9.64 Å². The van der Waals surface area contributed by atoms with Crippen molar-refractivity contribution < 1.29 is 9.53 Å². The molecule has 2 aromatic carbocycles. The fourth-order valence-corrected chi connectivity index (χ4v) is 2.50. The van der Waals surface area contributed by atoms with Crippen LogP contribution in [0.15, 0.2) is 48.5 Å². The number of benzene rings is 2. The van der Waals surface area contributed by atoms with Crippen LogP contribution < -0.4 is 9.64 Å². The zero-order chi connectivity index (χ0) is 14.1. The number of likely N-dealkylation sites (N-methyl/N-ethyl adjacent to an activating group) is 1. The first-order valence-electron chi connectivity index (χ1n) is 6.44. The lowest BCUT2D eigenvalue weighted by Crippen LogP contribution is -2.20. The van der Waals surface area contributed by atoms with Crippen molar-refractivity contribution in [2.24, 2.45) is 0 Å². The van der Waals surface area contributed by atoms with Gasteiger partial charge in [-0.3, -0.25) is 4.79 Å². The predicted molar refractivity (Wildman–Crippen MR) is 80.7 cm³/mol. The van der Waals surface area contributed by atoms with Crippen LogP contribution in [0.1, 0.15) is 11.1 Å². The lowest BCUT2D eigenvalue weighted by molar-refractivity contribution is -0.112. The Hall–Kier alpha value is -2.55. The lowest BCUT2D eigenvalue weighted by Gasteiger charge is -2.13. The average Bonchev–Trinajstić information content (AvgIpc) is 2.73. The molecular weight excluding hydrogens is 250 g/mol. The van der Waals surface area contributed by atoms with Crippen molar-refractivity contribution in [3.8, 4) is 5.75 Å². The summed E-state index contributed by atoms with van der Waals surface area (Å²) in [4.78, 5) is 14.1. The third-order valence-electron chi connectivity index (χ3n) is 3.49. The molecule has 0 aliphatic carbocycles. The minimum Gasteiger partial charge on any atom is -0.495 e. The summed E-state index contributed by atoms with van der Waals surface area (Å²) in [6.45, 7) is 0. The summed E-state index contributed by atoms with van der Waals surface area (Å²) in [6, 6.07) is 15.6. The van der Waals surface area contributed by atoms with E-state index in [2.05, 4.69) is 0 Å². The van der Waals surface area contributed by atoms with E-state index in [0.29, 0.717) is 5.57 Å². The van der Waals surface area contributed by atoms with Gasteiger partial charge in [0.2, 0.25) is 0 Å². The molecule has 1 aliphatic heterocycles. The minimum atomic E-state index is -0.00615. The largest absolute Gasteiger partial charge is 0.495 e. The number of hydrogen-bond donors (Lipinski definition) is 0. The summed E-state index contributed by atoms with van der Waals surface area (Å²) in [5, 5.41) is 0. The zero-order valence-corrected chi connectivity index (χ0v) is 11.5. The number of rotatable bonds is 2. The molecule has 2 aromatic rings. The summed E-state index contributed by atoms with van der Waals surface area (Å²) >= 11 is 0. The van der Waals surface area contributed by atoms with Crippen LogP contribution in [0.25, 0.3) is 11.6 Å². The van der Waals surface area contributed by atoms with Gasteiger partial charge in [-0.05, 0) is 17.7 Å². The Balaban J connectivity index is 2.17. The molecule has 0 aromatic heterocycles. The second-order valence-corrected chi connectivity index (χ2v) is 4.69. The Kier molecular flexibility index (Phi) is 3.03. The summed E-state index contributed by atoms with van der Waals surface area (Å²) in [5.41, 5.74) is 3.47. The Bertz CT molecular complexity index is 689. The van der Waals surface area contributed by atoms with Crippen LogP contribution in [0.2, 0.25) is 0 Å². The first kappa shape index (κ1) is 12.5. The van der Waals surface area contributed by atoms with Crippen molar-refractivity contribution in [3.63, 3.8) is 0 Å². The van der Waals surface area contributed by atoms with E-state index < -0.39 is 0 Å². The Morgan fingerprint density at radius 3 is 2.50 bits per heavy atom. The smallest absolute Gasteiger partial charge is 0.258 e. The fourth-order valence-electron chi connectivity index (χ4n) is 2.50. The highest BCUT2D eigenvalue weighted by Gasteiger charge is 2.32. The standard InChI is InChI=1S/C17H15NO2/c1-18-16-13(9-6-10-15(16)20-2)14(17(18)19)11-12-7-4-3-5-8-12/h3-11H,1-2H3/b14-11+. The van der Waals surface area contributed by atoms with Crippen LogP contribution in [0.4, 0.5) is 5.69 Å². The molecule has 100 valence electrons. The van der Waals surface area contributed by atoms with Gasteiger partial charge >= 0.3 is 0 Å². The Morgan fingerprint density at radius 1 is 1.05 bits per heavy atom. The molecule has 0 saturated heterocycles. The van der Waals surface area contributed by atoms with E-state index in [1.807, 2.05) is 54.6 Å². The van der Waals surface area contributed by atoms with E-state index in [1.165, 1.54) is 0 Å². The third-order valence-corrected chi connectivity index (χ3v) is 3.49. The predicted octanol–water partition coefficient (Wildman–Crippen LogP) is 3.21. The van der Waals surface area contributed by atoms with E-state index in [-0.39, 0.29) is 5.91 Å². The summed E-state index contributed by atoms with van der Waals surface area (Å²) in [5.74, 6) is 0.711. The van der Waals surface area contributed by atoms with Gasteiger partial charge in [0.05, 0.1) is 12.8 Å². The highest BCUT2D eigenvalue weighted by atomic mass is 16.5. The van der Waals surface area contributed by atoms with Crippen LogP contribution >= 0.6 is 0 Å². The molecule has 3 rings (SSSR count).